The number of nitrogens with one attached hydrogen (secondary N) is 1. The number of rotatable bonds is 8. The number of hydrogen-bond donors (Lipinski definition) is 1. The van der Waals surface area contributed by atoms with Gasteiger partial charge in [0.15, 0.2) is 5.96 Å². The Balaban J connectivity index is 0.00000320. The van der Waals surface area contributed by atoms with Crippen molar-refractivity contribution in [1.29, 1.82) is 0 Å². The van der Waals surface area contributed by atoms with Crippen molar-refractivity contribution in [2.45, 2.75) is 33.2 Å². The predicted molar refractivity (Wildman–Crippen MR) is 131 cm³/mol. The lowest BCUT2D eigenvalue weighted by molar-refractivity contribution is 0.169. The van der Waals surface area contributed by atoms with Gasteiger partial charge in [-0.2, -0.15) is 0 Å². The van der Waals surface area contributed by atoms with E-state index >= 15 is 0 Å². The van der Waals surface area contributed by atoms with Gasteiger partial charge in [0, 0.05) is 52.4 Å². The lowest BCUT2D eigenvalue weighted by Crippen LogP contribution is -2.52. The van der Waals surface area contributed by atoms with Gasteiger partial charge in [-0.05, 0) is 37.5 Å². The van der Waals surface area contributed by atoms with E-state index in [-0.39, 0.29) is 24.0 Å². The van der Waals surface area contributed by atoms with Gasteiger partial charge in [-0.1, -0.05) is 24.2 Å². The molecule has 2 aromatic rings. The standard InChI is InChI=1S/C22H33N5O2.HI/c1-4-14-28-21-7-5-6-19(16-21)8-9-24-22(23-3)27-12-10-26(11-13-27)17-20-15-18(2)29-25-20;/h5-7,15-16H,4,8-14,17H2,1-3H3,(H,23,24);1H. The van der Waals surface area contributed by atoms with Crippen molar-refractivity contribution in [1.82, 2.24) is 20.3 Å². The van der Waals surface area contributed by atoms with Crippen LogP contribution in [0.4, 0.5) is 0 Å². The molecule has 0 saturated carbocycles. The first-order valence-corrected chi connectivity index (χ1v) is 10.5. The number of ether oxygens (including phenoxy) is 1. The minimum absolute atomic E-state index is 0. The summed E-state index contributed by atoms with van der Waals surface area (Å²) in [6.07, 6.45) is 1.96. The highest BCUT2D eigenvalue weighted by Crippen LogP contribution is 2.14. The second kappa shape index (κ2) is 12.8. The van der Waals surface area contributed by atoms with Gasteiger partial charge in [0.2, 0.25) is 0 Å². The van der Waals surface area contributed by atoms with E-state index < -0.39 is 0 Å². The molecule has 0 bridgehead atoms. The maximum atomic E-state index is 5.73. The van der Waals surface area contributed by atoms with Gasteiger partial charge in [-0.25, -0.2) is 0 Å². The van der Waals surface area contributed by atoms with Crippen molar-refractivity contribution in [2.75, 3.05) is 46.4 Å². The Morgan fingerprint density at radius 1 is 1.23 bits per heavy atom. The topological polar surface area (TPSA) is 66.1 Å². The largest absolute Gasteiger partial charge is 0.494 e. The number of nitrogens with zero attached hydrogens (tertiary/aromatic N) is 4. The first kappa shape index (κ1) is 24.5. The Labute approximate surface area is 196 Å². The number of halogens is 1. The van der Waals surface area contributed by atoms with Crippen LogP contribution in [-0.2, 0) is 13.0 Å². The number of aromatic nitrogens is 1. The van der Waals surface area contributed by atoms with Crippen LogP contribution in [0, 0.1) is 6.92 Å². The van der Waals surface area contributed by atoms with E-state index in [0.717, 1.165) is 81.9 Å². The van der Waals surface area contributed by atoms with Crippen LogP contribution >= 0.6 is 24.0 Å². The summed E-state index contributed by atoms with van der Waals surface area (Å²) in [4.78, 5) is 9.20. The third-order valence-corrected chi connectivity index (χ3v) is 5.01. The molecule has 0 radical (unpaired) electrons. The molecule has 1 aliphatic heterocycles. The summed E-state index contributed by atoms with van der Waals surface area (Å²) < 4.78 is 10.9. The zero-order valence-corrected chi connectivity index (χ0v) is 20.6. The molecule has 1 aliphatic rings. The molecule has 1 aromatic heterocycles. The van der Waals surface area contributed by atoms with Crippen molar-refractivity contribution in [3.05, 3.63) is 47.3 Å². The molecule has 30 heavy (non-hydrogen) atoms. The van der Waals surface area contributed by atoms with Crippen LogP contribution in [0.2, 0.25) is 0 Å². The molecule has 1 N–H and O–H groups in total. The Morgan fingerprint density at radius 3 is 2.70 bits per heavy atom. The van der Waals surface area contributed by atoms with E-state index in [1.54, 1.807) is 0 Å². The maximum Gasteiger partial charge on any atom is 0.193 e. The molecule has 0 atom stereocenters. The summed E-state index contributed by atoms with van der Waals surface area (Å²) in [7, 11) is 1.85. The van der Waals surface area contributed by atoms with Crippen molar-refractivity contribution in [2.24, 2.45) is 4.99 Å². The molecule has 3 rings (SSSR count). The van der Waals surface area contributed by atoms with Gasteiger partial charge < -0.3 is 19.5 Å². The van der Waals surface area contributed by atoms with Crippen LogP contribution in [0.1, 0.15) is 30.4 Å². The third kappa shape index (κ3) is 7.46. The summed E-state index contributed by atoms with van der Waals surface area (Å²) in [6.45, 7) is 10.4. The molecule has 1 saturated heterocycles. The number of piperazine rings is 1. The van der Waals surface area contributed by atoms with Crippen molar-refractivity contribution >= 4 is 29.9 Å². The third-order valence-electron chi connectivity index (χ3n) is 5.01. The number of benzene rings is 1. The minimum Gasteiger partial charge on any atom is -0.494 e. The van der Waals surface area contributed by atoms with Gasteiger partial charge in [0.25, 0.3) is 0 Å². The molecule has 0 aliphatic carbocycles. The summed E-state index contributed by atoms with van der Waals surface area (Å²) in [5.74, 6) is 2.79. The molecule has 7 nitrogen and oxygen atoms in total. The maximum absolute atomic E-state index is 5.73. The van der Waals surface area contributed by atoms with E-state index in [4.69, 9.17) is 9.26 Å². The zero-order valence-electron chi connectivity index (χ0n) is 18.3. The highest BCUT2D eigenvalue weighted by atomic mass is 127. The van der Waals surface area contributed by atoms with E-state index in [1.165, 1.54) is 5.56 Å². The van der Waals surface area contributed by atoms with Crippen LogP contribution < -0.4 is 10.1 Å². The fourth-order valence-corrected chi connectivity index (χ4v) is 3.50. The summed E-state index contributed by atoms with van der Waals surface area (Å²) in [6, 6.07) is 10.4. The monoisotopic (exact) mass is 527 g/mol. The zero-order chi connectivity index (χ0) is 20.5. The van der Waals surface area contributed by atoms with E-state index in [0.29, 0.717) is 0 Å². The number of guanidine groups is 1. The predicted octanol–water partition coefficient (Wildman–Crippen LogP) is 3.33. The van der Waals surface area contributed by atoms with Crippen molar-refractivity contribution < 1.29 is 9.26 Å². The SMILES string of the molecule is CCCOc1cccc(CCNC(=NC)N2CCN(Cc3cc(C)on3)CC2)c1.I. The minimum atomic E-state index is 0. The Bertz CT molecular complexity index is 787. The van der Waals surface area contributed by atoms with Gasteiger partial charge in [-0.15, -0.1) is 24.0 Å². The first-order chi connectivity index (χ1) is 14.2. The molecule has 2 heterocycles. The van der Waals surface area contributed by atoms with E-state index in [1.807, 2.05) is 26.1 Å². The van der Waals surface area contributed by atoms with Crippen molar-refractivity contribution in [3.63, 3.8) is 0 Å². The number of hydrogen-bond acceptors (Lipinski definition) is 5. The van der Waals surface area contributed by atoms with Crippen LogP contribution in [0.3, 0.4) is 0 Å². The van der Waals surface area contributed by atoms with Gasteiger partial charge in [0.1, 0.15) is 11.5 Å². The highest BCUT2D eigenvalue weighted by molar-refractivity contribution is 14.0. The van der Waals surface area contributed by atoms with Crippen LogP contribution in [0.25, 0.3) is 0 Å². The molecule has 1 aromatic carbocycles. The number of aliphatic imine (C=N–C) groups is 1. The van der Waals surface area contributed by atoms with E-state index in [2.05, 4.69) is 50.4 Å². The normalized spacial score (nSPS) is 15.0. The average molecular weight is 527 g/mol. The second-order valence-electron chi connectivity index (χ2n) is 7.41. The summed E-state index contributed by atoms with van der Waals surface area (Å²) in [5, 5.41) is 7.60. The van der Waals surface area contributed by atoms with Crippen molar-refractivity contribution in [3.8, 4) is 5.75 Å². The molecule has 1 fully saturated rings. The van der Waals surface area contributed by atoms with Crippen LogP contribution in [0.5, 0.6) is 5.75 Å². The molecular weight excluding hydrogens is 493 g/mol. The Kier molecular flexibility index (Phi) is 10.4. The van der Waals surface area contributed by atoms with Crippen LogP contribution in [-0.4, -0.2) is 67.3 Å². The molecular formula is C22H34IN5O2. The average Bonchev–Trinajstić information content (AvgIpc) is 3.15. The Morgan fingerprint density at radius 2 is 2.03 bits per heavy atom. The summed E-state index contributed by atoms with van der Waals surface area (Å²) >= 11 is 0. The van der Waals surface area contributed by atoms with Gasteiger partial charge >= 0.3 is 0 Å². The Hall–Kier alpha value is -1.81. The van der Waals surface area contributed by atoms with Gasteiger partial charge in [-0.3, -0.25) is 9.89 Å². The van der Waals surface area contributed by atoms with Gasteiger partial charge in [0.05, 0.1) is 12.3 Å². The molecule has 0 amide bonds. The molecule has 0 unspecified atom stereocenters. The lowest BCUT2D eigenvalue weighted by Gasteiger charge is -2.36. The fraction of sp³-hybridized carbons (Fsp3) is 0.545. The fourth-order valence-electron chi connectivity index (χ4n) is 3.50. The lowest BCUT2D eigenvalue weighted by atomic mass is 10.1. The van der Waals surface area contributed by atoms with E-state index in [9.17, 15) is 0 Å². The summed E-state index contributed by atoms with van der Waals surface area (Å²) in [5.41, 5.74) is 2.28. The highest BCUT2D eigenvalue weighted by Gasteiger charge is 2.20. The molecule has 166 valence electrons. The molecule has 8 heteroatoms. The number of aryl methyl sites for hydroxylation is 1. The quantitative estimate of drug-likeness (QED) is 0.323. The smallest absolute Gasteiger partial charge is 0.193 e. The second-order valence-corrected chi connectivity index (χ2v) is 7.41. The first-order valence-electron chi connectivity index (χ1n) is 10.5. The van der Waals surface area contributed by atoms with Crippen LogP contribution in [0.15, 0.2) is 39.8 Å². The molecule has 0 spiro atoms.